The lowest BCUT2D eigenvalue weighted by Gasteiger charge is -2.32. The number of nitrogens with zero attached hydrogens (tertiary/aromatic N) is 1. The molecule has 0 saturated heterocycles. The molecule has 0 bridgehead atoms. The van der Waals surface area contributed by atoms with Crippen LogP contribution in [0, 0.1) is 13.8 Å². The summed E-state index contributed by atoms with van der Waals surface area (Å²) in [5.41, 5.74) is -0.231. The Labute approximate surface area is 131 Å². The van der Waals surface area contributed by atoms with E-state index < -0.39 is 17.4 Å². The molecule has 2 heterocycles. The van der Waals surface area contributed by atoms with Crippen molar-refractivity contribution in [3.8, 4) is 5.75 Å². The molecule has 1 aromatic heterocycles. The number of nitrogens with one attached hydrogen (secondary N) is 2. The third kappa shape index (κ3) is 2.33. The van der Waals surface area contributed by atoms with Crippen LogP contribution in [0.25, 0.3) is 0 Å². The first-order valence-corrected chi connectivity index (χ1v) is 7.57. The standard InChI is InChI=1S/C15H15N3O3S/c1-8-9(2)22-14(16-8)18-13(20)15(3)12(19)17-10-6-4-5-7-11(10)21-15/h4-7H,1-3H3,(H,17,19)(H,16,18,20). The van der Waals surface area contributed by atoms with E-state index in [4.69, 9.17) is 4.74 Å². The third-order valence-electron chi connectivity index (χ3n) is 3.56. The molecule has 7 heteroatoms. The zero-order valence-corrected chi connectivity index (χ0v) is 13.2. The molecule has 0 fully saturated rings. The van der Waals surface area contributed by atoms with E-state index in [0.29, 0.717) is 16.6 Å². The highest BCUT2D eigenvalue weighted by Gasteiger charge is 2.47. The molecule has 0 aliphatic carbocycles. The molecule has 2 aromatic rings. The summed E-state index contributed by atoms with van der Waals surface area (Å²) in [6.45, 7) is 5.23. The summed E-state index contributed by atoms with van der Waals surface area (Å²) in [6, 6.07) is 6.99. The molecule has 1 aromatic carbocycles. The fourth-order valence-corrected chi connectivity index (χ4v) is 2.87. The van der Waals surface area contributed by atoms with Crippen LogP contribution in [0.1, 0.15) is 17.5 Å². The quantitative estimate of drug-likeness (QED) is 0.834. The van der Waals surface area contributed by atoms with Crippen molar-refractivity contribution < 1.29 is 14.3 Å². The molecule has 0 saturated carbocycles. The van der Waals surface area contributed by atoms with Crippen molar-refractivity contribution in [2.24, 2.45) is 0 Å². The molecule has 1 atom stereocenters. The average molecular weight is 317 g/mol. The first-order valence-electron chi connectivity index (χ1n) is 6.75. The number of aromatic nitrogens is 1. The van der Waals surface area contributed by atoms with Crippen LogP contribution in [0.4, 0.5) is 10.8 Å². The molecule has 114 valence electrons. The Bertz CT molecular complexity index is 752. The number of fused-ring (bicyclic) bond motifs is 1. The number of aryl methyl sites for hydroxylation is 2. The zero-order valence-electron chi connectivity index (χ0n) is 12.4. The van der Waals surface area contributed by atoms with Gasteiger partial charge in [-0.1, -0.05) is 12.1 Å². The van der Waals surface area contributed by atoms with Gasteiger partial charge in [0.1, 0.15) is 5.75 Å². The lowest BCUT2D eigenvalue weighted by Crippen LogP contribution is -2.56. The van der Waals surface area contributed by atoms with E-state index >= 15 is 0 Å². The van der Waals surface area contributed by atoms with Gasteiger partial charge in [0, 0.05) is 4.88 Å². The van der Waals surface area contributed by atoms with Gasteiger partial charge in [-0.25, -0.2) is 4.98 Å². The molecule has 0 radical (unpaired) electrons. The summed E-state index contributed by atoms with van der Waals surface area (Å²) in [5, 5.41) is 5.80. The van der Waals surface area contributed by atoms with Gasteiger partial charge in [0.2, 0.25) is 0 Å². The van der Waals surface area contributed by atoms with Crippen molar-refractivity contribution in [3.05, 3.63) is 34.8 Å². The van der Waals surface area contributed by atoms with Gasteiger partial charge in [-0.15, -0.1) is 11.3 Å². The van der Waals surface area contributed by atoms with E-state index in [1.54, 1.807) is 24.3 Å². The Balaban J connectivity index is 1.86. The first kappa shape index (κ1) is 14.5. The lowest BCUT2D eigenvalue weighted by atomic mass is 10.0. The molecule has 3 rings (SSSR count). The van der Waals surface area contributed by atoms with E-state index in [0.717, 1.165) is 10.6 Å². The number of carbonyl (C=O) groups is 2. The Hall–Kier alpha value is -2.41. The summed E-state index contributed by atoms with van der Waals surface area (Å²) in [7, 11) is 0. The number of hydrogen-bond acceptors (Lipinski definition) is 5. The molecule has 0 spiro atoms. The Morgan fingerprint density at radius 3 is 2.77 bits per heavy atom. The van der Waals surface area contributed by atoms with E-state index in [2.05, 4.69) is 15.6 Å². The first-order chi connectivity index (χ1) is 10.4. The Kier molecular flexibility index (Phi) is 3.37. The number of rotatable bonds is 2. The van der Waals surface area contributed by atoms with Crippen LogP contribution in [0.3, 0.4) is 0 Å². The summed E-state index contributed by atoms with van der Waals surface area (Å²) in [5.74, 6) is -0.590. The van der Waals surface area contributed by atoms with Crippen LogP contribution >= 0.6 is 11.3 Å². The fourth-order valence-electron chi connectivity index (χ4n) is 2.06. The number of hydrogen-bond donors (Lipinski definition) is 2. The van der Waals surface area contributed by atoms with E-state index in [-0.39, 0.29) is 0 Å². The maximum Gasteiger partial charge on any atom is 0.280 e. The number of amides is 2. The van der Waals surface area contributed by atoms with Crippen molar-refractivity contribution in [1.29, 1.82) is 0 Å². The molecule has 22 heavy (non-hydrogen) atoms. The monoisotopic (exact) mass is 317 g/mol. The molecule has 2 amide bonds. The summed E-state index contributed by atoms with van der Waals surface area (Å²) >= 11 is 1.36. The second kappa shape index (κ2) is 5.10. The van der Waals surface area contributed by atoms with Crippen molar-refractivity contribution >= 4 is 34.0 Å². The fraction of sp³-hybridized carbons (Fsp3) is 0.267. The van der Waals surface area contributed by atoms with Gasteiger partial charge in [-0.2, -0.15) is 0 Å². The minimum atomic E-state index is -1.64. The Morgan fingerprint density at radius 1 is 1.36 bits per heavy atom. The van der Waals surface area contributed by atoms with Gasteiger partial charge < -0.3 is 10.1 Å². The minimum absolute atomic E-state index is 0.455. The van der Waals surface area contributed by atoms with Gasteiger partial charge >= 0.3 is 0 Å². The van der Waals surface area contributed by atoms with Gasteiger partial charge in [-0.3, -0.25) is 14.9 Å². The highest BCUT2D eigenvalue weighted by Crippen LogP contribution is 2.34. The van der Waals surface area contributed by atoms with Crippen molar-refractivity contribution in [2.75, 3.05) is 10.6 Å². The number of carbonyl (C=O) groups excluding carboxylic acids is 2. The molecule has 1 unspecified atom stereocenters. The minimum Gasteiger partial charge on any atom is -0.466 e. The number of para-hydroxylation sites is 2. The number of ether oxygens (including phenoxy) is 1. The Morgan fingerprint density at radius 2 is 2.09 bits per heavy atom. The van der Waals surface area contributed by atoms with Gasteiger partial charge in [0.15, 0.2) is 5.13 Å². The average Bonchev–Trinajstić information content (AvgIpc) is 2.78. The predicted molar refractivity (Wildman–Crippen MR) is 84.3 cm³/mol. The van der Waals surface area contributed by atoms with Crippen LogP contribution in [0.5, 0.6) is 5.75 Å². The van der Waals surface area contributed by atoms with E-state index in [1.807, 2.05) is 13.8 Å². The third-order valence-corrected chi connectivity index (χ3v) is 4.55. The number of thiazole rings is 1. The maximum atomic E-state index is 12.5. The molecular weight excluding hydrogens is 302 g/mol. The van der Waals surface area contributed by atoms with Gasteiger partial charge in [0.25, 0.3) is 17.4 Å². The molecular formula is C15H15N3O3S. The smallest absolute Gasteiger partial charge is 0.280 e. The van der Waals surface area contributed by atoms with Crippen LogP contribution in [0.2, 0.25) is 0 Å². The molecule has 1 aliphatic heterocycles. The van der Waals surface area contributed by atoms with Crippen LogP contribution in [-0.2, 0) is 9.59 Å². The maximum absolute atomic E-state index is 12.5. The van der Waals surface area contributed by atoms with Crippen LogP contribution in [-0.4, -0.2) is 22.4 Å². The molecule has 6 nitrogen and oxygen atoms in total. The normalized spacial score (nSPS) is 19.9. The largest absolute Gasteiger partial charge is 0.466 e. The van der Waals surface area contributed by atoms with Crippen LogP contribution in [0.15, 0.2) is 24.3 Å². The topological polar surface area (TPSA) is 80.3 Å². The highest BCUT2D eigenvalue weighted by atomic mass is 32.1. The van der Waals surface area contributed by atoms with E-state index in [1.165, 1.54) is 18.3 Å². The molecule has 1 aliphatic rings. The van der Waals surface area contributed by atoms with Crippen molar-refractivity contribution in [3.63, 3.8) is 0 Å². The van der Waals surface area contributed by atoms with Crippen LogP contribution < -0.4 is 15.4 Å². The van der Waals surface area contributed by atoms with E-state index in [9.17, 15) is 9.59 Å². The second-order valence-electron chi connectivity index (χ2n) is 5.20. The van der Waals surface area contributed by atoms with Gasteiger partial charge in [0.05, 0.1) is 11.4 Å². The summed E-state index contributed by atoms with van der Waals surface area (Å²) in [6.07, 6.45) is 0. The predicted octanol–water partition coefficient (Wildman–Crippen LogP) is 2.49. The number of anilines is 2. The lowest BCUT2D eigenvalue weighted by molar-refractivity contribution is -0.143. The van der Waals surface area contributed by atoms with Crippen molar-refractivity contribution in [1.82, 2.24) is 4.98 Å². The SMILES string of the molecule is Cc1nc(NC(=O)C2(C)Oc3ccccc3NC2=O)sc1C. The second-order valence-corrected chi connectivity index (χ2v) is 6.40. The highest BCUT2D eigenvalue weighted by molar-refractivity contribution is 7.15. The van der Waals surface area contributed by atoms with Gasteiger partial charge in [-0.05, 0) is 32.9 Å². The zero-order chi connectivity index (χ0) is 15.9. The summed E-state index contributed by atoms with van der Waals surface area (Å²) in [4.78, 5) is 30.0. The van der Waals surface area contributed by atoms with Crippen molar-refractivity contribution in [2.45, 2.75) is 26.4 Å². The summed E-state index contributed by atoms with van der Waals surface area (Å²) < 4.78 is 5.66. The molecule has 2 N–H and O–H groups in total. The number of benzene rings is 1.